The Morgan fingerprint density at radius 3 is 2.24 bits per heavy atom. The summed E-state index contributed by atoms with van der Waals surface area (Å²) in [6.07, 6.45) is 2.04. The van der Waals surface area contributed by atoms with E-state index >= 15 is 0 Å². The number of aliphatic carboxylic acids is 1. The average Bonchev–Trinajstić information content (AvgIpc) is 3.34. The molecule has 3 atom stereocenters. The minimum absolute atomic E-state index is 0. The van der Waals surface area contributed by atoms with Crippen molar-refractivity contribution in [2.75, 3.05) is 11.9 Å². The molecule has 0 aliphatic rings. The van der Waals surface area contributed by atoms with E-state index in [-0.39, 0.29) is 25.2 Å². The minimum Gasteiger partial charge on any atom is -0.481 e. The van der Waals surface area contributed by atoms with Crippen LogP contribution in [0.2, 0.25) is 0 Å². The van der Waals surface area contributed by atoms with Gasteiger partial charge in [-0.1, -0.05) is 49.7 Å². The molecule has 0 bridgehead atoms. The first kappa shape index (κ1) is 32.8. The largest absolute Gasteiger partial charge is 0.481 e. The van der Waals surface area contributed by atoms with Crippen LogP contribution in [0, 0.1) is 0 Å². The van der Waals surface area contributed by atoms with E-state index < -0.39 is 60.7 Å². The highest BCUT2D eigenvalue weighted by Gasteiger charge is 2.29. The van der Waals surface area contributed by atoms with Gasteiger partial charge in [0.1, 0.15) is 12.1 Å². The summed E-state index contributed by atoms with van der Waals surface area (Å²) in [5.41, 5.74) is 8.43. The Labute approximate surface area is 243 Å². The second kappa shape index (κ2) is 16.0. The fourth-order valence-corrected chi connectivity index (χ4v) is 4.14. The number of carboxylic acid groups (broad SMARTS) is 1. The molecule has 0 radical (unpaired) electrons. The van der Waals surface area contributed by atoms with Crippen molar-refractivity contribution in [3.63, 3.8) is 0 Å². The van der Waals surface area contributed by atoms with Crippen molar-refractivity contribution in [3.8, 4) is 0 Å². The van der Waals surface area contributed by atoms with E-state index in [0.29, 0.717) is 12.1 Å². The second-order valence-corrected chi connectivity index (χ2v) is 9.31. The molecule has 220 valence electrons. The summed E-state index contributed by atoms with van der Waals surface area (Å²) in [5.74, 6) is -4.00. The highest BCUT2D eigenvalue weighted by Crippen LogP contribution is 2.19. The maximum Gasteiger partial charge on any atom is 0.305 e. The first-order valence-electron chi connectivity index (χ1n) is 12.9. The third-order valence-electron chi connectivity index (χ3n) is 6.15. The van der Waals surface area contributed by atoms with Crippen molar-refractivity contribution >= 4 is 58.6 Å². The van der Waals surface area contributed by atoms with Gasteiger partial charge in [0.2, 0.25) is 23.6 Å². The van der Waals surface area contributed by atoms with Gasteiger partial charge < -0.3 is 37.1 Å². The Morgan fingerprint density at radius 1 is 0.902 bits per heavy atom. The van der Waals surface area contributed by atoms with Crippen LogP contribution in [0.3, 0.4) is 0 Å². The van der Waals surface area contributed by atoms with E-state index in [2.05, 4.69) is 26.3 Å². The number of anilines is 1. The van der Waals surface area contributed by atoms with Crippen LogP contribution in [0.4, 0.5) is 5.69 Å². The number of para-hydroxylation sites is 2. The zero-order valence-electron chi connectivity index (χ0n) is 22.5. The molecule has 8 N–H and O–H groups in total. The van der Waals surface area contributed by atoms with Crippen molar-refractivity contribution in [1.29, 1.82) is 0 Å². The van der Waals surface area contributed by atoms with Gasteiger partial charge in [0, 0.05) is 22.8 Å². The number of H-pyrrole nitrogens is 1. The third-order valence-corrected chi connectivity index (χ3v) is 6.15. The molecule has 41 heavy (non-hydrogen) atoms. The van der Waals surface area contributed by atoms with Crippen LogP contribution in [-0.2, 0) is 30.4 Å². The van der Waals surface area contributed by atoms with E-state index in [0.717, 1.165) is 16.5 Å². The molecular formula is C28H35ClN6O6. The number of nitrogens with two attached hydrogens (primary N) is 1. The molecule has 0 saturated carbocycles. The molecule has 0 aliphatic carbocycles. The predicted molar refractivity (Wildman–Crippen MR) is 156 cm³/mol. The number of carbonyl (C=O) groups excluding carboxylic acids is 4. The average molecular weight is 587 g/mol. The van der Waals surface area contributed by atoms with Gasteiger partial charge in [0.15, 0.2) is 0 Å². The van der Waals surface area contributed by atoms with Crippen LogP contribution in [-0.4, -0.2) is 64.4 Å². The number of aromatic nitrogens is 1. The number of hydrogen-bond donors (Lipinski definition) is 7. The SMILES string of the molecule is CCC[C@H](NC(=O)[C@@H](N)Cc1c[nH]c2ccccc12)C(=O)N[C@@H](CC(=O)O)C(=O)NCC(=O)Nc1ccccc1.Cl. The molecule has 0 unspecified atom stereocenters. The lowest BCUT2D eigenvalue weighted by atomic mass is 10.0. The quantitative estimate of drug-likeness (QED) is 0.148. The number of aromatic amines is 1. The first-order chi connectivity index (χ1) is 19.2. The lowest BCUT2D eigenvalue weighted by Crippen LogP contribution is -2.56. The van der Waals surface area contributed by atoms with Gasteiger partial charge in [-0.05, 0) is 36.6 Å². The van der Waals surface area contributed by atoms with E-state index in [1.54, 1.807) is 36.5 Å². The molecule has 1 heterocycles. The number of benzene rings is 2. The van der Waals surface area contributed by atoms with Crippen LogP contribution in [0.1, 0.15) is 31.7 Å². The molecule has 13 heteroatoms. The van der Waals surface area contributed by atoms with Gasteiger partial charge in [0.25, 0.3) is 0 Å². The summed E-state index contributed by atoms with van der Waals surface area (Å²) in [5, 5.41) is 20.2. The summed E-state index contributed by atoms with van der Waals surface area (Å²) in [4.78, 5) is 65.3. The van der Waals surface area contributed by atoms with E-state index in [1.807, 2.05) is 31.2 Å². The Hall–Kier alpha value is -4.42. The molecule has 12 nitrogen and oxygen atoms in total. The zero-order valence-corrected chi connectivity index (χ0v) is 23.3. The summed E-state index contributed by atoms with van der Waals surface area (Å²) >= 11 is 0. The van der Waals surface area contributed by atoms with E-state index in [1.165, 1.54) is 0 Å². The molecular weight excluding hydrogens is 552 g/mol. The number of amides is 4. The molecule has 4 amide bonds. The van der Waals surface area contributed by atoms with Crippen LogP contribution >= 0.6 is 12.4 Å². The van der Waals surface area contributed by atoms with Crippen LogP contribution in [0.5, 0.6) is 0 Å². The van der Waals surface area contributed by atoms with Gasteiger partial charge in [-0.3, -0.25) is 24.0 Å². The number of nitrogens with one attached hydrogen (secondary N) is 5. The lowest BCUT2D eigenvalue weighted by Gasteiger charge is -2.23. The number of carboxylic acids is 1. The normalized spacial score (nSPS) is 12.7. The summed E-state index contributed by atoms with van der Waals surface area (Å²) in [7, 11) is 0. The lowest BCUT2D eigenvalue weighted by molar-refractivity contribution is -0.141. The second-order valence-electron chi connectivity index (χ2n) is 9.31. The standard InChI is InChI=1S/C28H34N6O6.ClH/c1-2-8-22(33-26(38)20(29)13-17-15-30-21-12-7-6-11-19(17)21)28(40)34-23(14-25(36)37)27(39)31-16-24(35)32-18-9-4-3-5-10-18;/h3-7,9-12,15,20,22-23,30H,2,8,13-14,16,29H2,1H3,(H,31,39)(H,32,35)(H,33,38)(H,34,40)(H,36,37);1H/t20-,22-,23-;/m0./s1. The van der Waals surface area contributed by atoms with Gasteiger partial charge in [-0.25, -0.2) is 0 Å². The maximum atomic E-state index is 13.0. The molecule has 2 aromatic carbocycles. The third kappa shape index (κ3) is 9.92. The number of rotatable bonds is 14. The Bertz CT molecular complexity index is 1350. The highest BCUT2D eigenvalue weighted by molar-refractivity contribution is 5.98. The van der Waals surface area contributed by atoms with Crippen LogP contribution < -0.4 is 27.0 Å². The van der Waals surface area contributed by atoms with Crippen molar-refractivity contribution in [2.24, 2.45) is 5.73 Å². The minimum atomic E-state index is -1.47. The molecule has 0 spiro atoms. The van der Waals surface area contributed by atoms with Crippen molar-refractivity contribution in [2.45, 2.75) is 50.7 Å². The predicted octanol–water partition coefficient (Wildman–Crippen LogP) is 1.46. The molecule has 0 aliphatic heterocycles. The molecule has 3 rings (SSSR count). The van der Waals surface area contributed by atoms with Crippen LogP contribution in [0.25, 0.3) is 10.9 Å². The van der Waals surface area contributed by atoms with Gasteiger partial charge in [0.05, 0.1) is 19.0 Å². The smallest absolute Gasteiger partial charge is 0.305 e. The fraction of sp³-hybridized carbons (Fsp3) is 0.321. The topological polar surface area (TPSA) is 196 Å². The Kier molecular flexibility index (Phi) is 12.8. The number of carbonyl (C=O) groups is 5. The fourth-order valence-electron chi connectivity index (χ4n) is 4.14. The Balaban J connectivity index is 0.00000588. The first-order valence-corrected chi connectivity index (χ1v) is 12.9. The van der Waals surface area contributed by atoms with Crippen molar-refractivity contribution in [1.82, 2.24) is 20.9 Å². The monoisotopic (exact) mass is 586 g/mol. The Morgan fingerprint density at radius 2 is 1.56 bits per heavy atom. The summed E-state index contributed by atoms with van der Waals surface area (Å²) < 4.78 is 0. The number of hydrogen-bond acceptors (Lipinski definition) is 6. The van der Waals surface area contributed by atoms with Gasteiger partial charge in [-0.15, -0.1) is 12.4 Å². The molecule has 0 saturated heterocycles. The number of halogens is 1. The van der Waals surface area contributed by atoms with Crippen LogP contribution in [0.15, 0.2) is 60.8 Å². The summed E-state index contributed by atoms with van der Waals surface area (Å²) in [6.45, 7) is 1.38. The van der Waals surface area contributed by atoms with E-state index in [4.69, 9.17) is 5.73 Å². The van der Waals surface area contributed by atoms with Crippen molar-refractivity contribution < 1.29 is 29.1 Å². The van der Waals surface area contributed by atoms with Gasteiger partial charge in [-0.2, -0.15) is 0 Å². The number of fused-ring (bicyclic) bond motifs is 1. The molecule has 3 aromatic rings. The summed E-state index contributed by atoms with van der Waals surface area (Å²) in [6, 6.07) is 12.7. The van der Waals surface area contributed by atoms with E-state index in [9.17, 15) is 29.1 Å². The molecule has 1 aromatic heterocycles. The van der Waals surface area contributed by atoms with Crippen molar-refractivity contribution in [3.05, 3.63) is 66.4 Å². The maximum absolute atomic E-state index is 13.0. The molecule has 0 fully saturated rings. The zero-order chi connectivity index (χ0) is 29.1. The van der Waals surface area contributed by atoms with Gasteiger partial charge >= 0.3 is 5.97 Å². The highest BCUT2D eigenvalue weighted by atomic mass is 35.5.